The summed E-state index contributed by atoms with van der Waals surface area (Å²) in [4.78, 5) is 11.7. The van der Waals surface area contributed by atoms with Crippen molar-refractivity contribution in [3.63, 3.8) is 0 Å². The fourth-order valence-corrected chi connectivity index (χ4v) is 9.45. The minimum Gasteiger partial charge on any atom is -0.462 e. The average molecular weight is 455 g/mol. The number of rotatable bonds is 5. The molecule has 33 heavy (non-hydrogen) atoms. The number of esters is 1. The lowest BCUT2D eigenvalue weighted by molar-refractivity contribution is -0.155. The lowest BCUT2D eigenvalue weighted by atomic mass is 9.45. The molecule has 0 saturated heterocycles. The summed E-state index contributed by atoms with van der Waals surface area (Å²) in [5.74, 6) is 2.67. The van der Waals surface area contributed by atoms with Crippen molar-refractivity contribution in [1.29, 1.82) is 0 Å². The molecule has 0 aromatic carbocycles. The Morgan fingerprint density at radius 2 is 1.76 bits per heavy atom. The van der Waals surface area contributed by atoms with Gasteiger partial charge in [-0.2, -0.15) is 0 Å². The molecule has 0 N–H and O–H groups in total. The number of ether oxygens (including phenoxy) is 1. The van der Waals surface area contributed by atoms with Crippen molar-refractivity contribution in [2.45, 2.75) is 126 Å². The maximum Gasteiger partial charge on any atom is 0.302 e. The molecule has 2 saturated carbocycles. The molecule has 0 aliphatic heterocycles. The summed E-state index contributed by atoms with van der Waals surface area (Å²) in [6.45, 7) is 18.8. The standard InChI is InChI=1S/C31H50O2/c1-20(2)10-9-11-21(3)24-14-18-31(8)27-13-12-25-22(4)28(33-23(5)32)16-17-29(25,6)26(27)15-19-30(24,31)7/h10,21-22,24-25,28H,9,11-19H2,1-8H3/t21-,22-,24+,25+,28-,29-,30+,31-/m0/s1. The molecule has 2 nitrogen and oxygen atoms in total. The molecule has 4 aliphatic carbocycles. The van der Waals surface area contributed by atoms with E-state index in [2.05, 4.69) is 54.5 Å². The Labute approximate surface area is 204 Å². The predicted octanol–water partition coefficient (Wildman–Crippen LogP) is 8.66. The molecule has 2 fully saturated rings. The molecule has 0 aromatic rings. The zero-order valence-corrected chi connectivity index (χ0v) is 22.9. The smallest absolute Gasteiger partial charge is 0.302 e. The van der Waals surface area contributed by atoms with E-state index in [-0.39, 0.29) is 12.1 Å². The maximum atomic E-state index is 11.7. The van der Waals surface area contributed by atoms with Gasteiger partial charge in [-0.1, -0.05) is 57.4 Å². The fourth-order valence-electron chi connectivity index (χ4n) is 9.45. The molecule has 0 amide bonds. The van der Waals surface area contributed by atoms with Gasteiger partial charge in [0.1, 0.15) is 6.10 Å². The van der Waals surface area contributed by atoms with Crippen LogP contribution in [-0.4, -0.2) is 12.1 Å². The van der Waals surface area contributed by atoms with Gasteiger partial charge in [-0.3, -0.25) is 4.79 Å². The number of hydrogen-bond acceptors (Lipinski definition) is 2. The van der Waals surface area contributed by atoms with E-state index in [0.29, 0.717) is 28.1 Å². The van der Waals surface area contributed by atoms with Gasteiger partial charge in [0.25, 0.3) is 0 Å². The summed E-state index contributed by atoms with van der Waals surface area (Å²) in [7, 11) is 0. The quantitative estimate of drug-likeness (QED) is 0.307. The number of carbonyl (C=O) groups is 1. The largest absolute Gasteiger partial charge is 0.462 e. The summed E-state index contributed by atoms with van der Waals surface area (Å²) in [6.07, 6.45) is 15.4. The van der Waals surface area contributed by atoms with E-state index in [1.165, 1.54) is 63.4 Å². The SMILES string of the molecule is CC(=O)O[C@H]1CC[C@]2(C)C3=C(CC[C@@H]2[C@@H]1C)[C@]1(C)CC[C@H]([C@@H](C)CCC=C(C)C)[C@@]1(C)CC3. The number of hydrogen-bond donors (Lipinski definition) is 0. The van der Waals surface area contributed by atoms with Crippen LogP contribution in [0.4, 0.5) is 0 Å². The van der Waals surface area contributed by atoms with Gasteiger partial charge in [-0.05, 0) is 118 Å². The van der Waals surface area contributed by atoms with Gasteiger partial charge >= 0.3 is 5.97 Å². The summed E-state index contributed by atoms with van der Waals surface area (Å²) in [5, 5.41) is 0. The lowest BCUT2D eigenvalue weighted by Crippen LogP contribution is -2.52. The number of carbonyl (C=O) groups excluding carboxylic acids is 1. The van der Waals surface area contributed by atoms with Gasteiger partial charge in [0.15, 0.2) is 0 Å². The highest BCUT2D eigenvalue weighted by Gasteiger charge is 2.62. The van der Waals surface area contributed by atoms with Crippen molar-refractivity contribution in [3.05, 3.63) is 22.8 Å². The Bertz CT molecular complexity index is 832. The number of allylic oxidation sites excluding steroid dienone is 4. The van der Waals surface area contributed by atoms with E-state index < -0.39 is 0 Å². The van der Waals surface area contributed by atoms with Crippen LogP contribution in [0.15, 0.2) is 22.8 Å². The van der Waals surface area contributed by atoms with Gasteiger partial charge in [0.05, 0.1) is 0 Å². The van der Waals surface area contributed by atoms with Crippen molar-refractivity contribution >= 4 is 5.97 Å². The third-order valence-corrected chi connectivity index (χ3v) is 11.5. The van der Waals surface area contributed by atoms with Gasteiger partial charge in [-0.15, -0.1) is 0 Å². The Morgan fingerprint density at radius 1 is 1.03 bits per heavy atom. The van der Waals surface area contributed by atoms with Crippen LogP contribution in [0.25, 0.3) is 0 Å². The molecule has 0 heterocycles. The summed E-state index contributed by atoms with van der Waals surface area (Å²) < 4.78 is 5.77. The fraction of sp³-hybridized carbons (Fsp3) is 0.839. The highest BCUT2D eigenvalue weighted by molar-refractivity contribution is 5.66. The van der Waals surface area contributed by atoms with E-state index in [9.17, 15) is 4.79 Å². The second-order valence-electron chi connectivity index (χ2n) is 13.3. The minimum absolute atomic E-state index is 0.109. The predicted molar refractivity (Wildman–Crippen MR) is 138 cm³/mol. The molecular formula is C31H50O2. The molecule has 4 aliphatic rings. The topological polar surface area (TPSA) is 26.3 Å². The van der Waals surface area contributed by atoms with Crippen LogP contribution in [0.3, 0.4) is 0 Å². The lowest BCUT2D eigenvalue weighted by Gasteiger charge is -2.60. The van der Waals surface area contributed by atoms with Crippen LogP contribution in [0.1, 0.15) is 120 Å². The highest BCUT2D eigenvalue weighted by atomic mass is 16.5. The van der Waals surface area contributed by atoms with Gasteiger partial charge in [0, 0.05) is 6.92 Å². The zero-order valence-electron chi connectivity index (χ0n) is 22.9. The van der Waals surface area contributed by atoms with Crippen LogP contribution < -0.4 is 0 Å². The third-order valence-electron chi connectivity index (χ3n) is 11.5. The molecule has 0 bridgehead atoms. The van der Waals surface area contributed by atoms with E-state index in [0.717, 1.165) is 18.3 Å². The van der Waals surface area contributed by atoms with Gasteiger partial charge < -0.3 is 4.74 Å². The monoisotopic (exact) mass is 454 g/mol. The first-order valence-corrected chi connectivity index (χ1v) is 14.0. The van der Waals surface area contributed by atoms with Crippen LogP contribution in [0.5, 0.6) is 0 Å². The van der Waals surface area contributed by atoms with E-state index in [1.54, 1.807) is 6.92 Å². The molecule has 0 unspecified atom stereocenters. The normalized spacial score (nSPS) is 43.3. The second kappa shape index (κ2) is 8.87. The zero-order chi connectivity index (χ0) is 24.2. The molecular weight excluding hydrogens is 404 g/mol. The van der Waals surface area contributed by atoms with E-state index in [1.807, 2.05) is 11.1 Å². The Kier molecular flexibility index (Phi) is 6.73. The maximum absolute atomic E-state index is 11.7. The van der Waals surface area contributed by atoms with Crippen LogP contribution >= 0.6 is 0 Å². The van der Waals surface area contributed by atoms with E-state index >= 15 is 0 Å². The molecule has 186 valence electrons. The third kappa shape index (κ3) is 3.96. The molecule has 8 atom stereocenters. The van der Waals surface area contributed by atoms with E-state index in [4.69, 9.17) is 4.74 Å². The Balaban J connectivity index is 1.60. The Hall–Kier alpha value is -1.05. The highest BCUT2D eigenvalue weighted by Crippen LogP contribution is 2.71. The van der Waals surface area contributed by atoms with Crippen molar-refractivity contribution in [1.82, 2.24) is 0 Å². The number of fused-ring (bicyclic) bond motifs is 4. The molecule has 0 radical (unpaired) electrons. The summed E-state index contributed by atoms with van der Waals surface area (Å²) >= 11 is 0. The first-order chi connectivity index (χ1) is 15.4. The van der Waals surface area contributed by atoms with Crippen LogP contribution in [0.2, 0.25) is 0 Å². The first-order valence-electron chi connectivity index (χ1n) is 14.0. The van der Waals surface area contributed by atoms with Crippen molar-refractivity contribution < 1.29 is 9.53 Å². The molecule has 0 aromatic heterocycles. The van der Waals surface area contributed by atoms with Crippen LogP contribution in [-0.2, 0) is 9.53 Å². The van der Waals surface area contributed by atoms with Crippen LogP contribution in [0, 0.1) is 39.9 Å². The molecule has 2 heteroatoms. The van der Waals surface area contributed by atoms with Crippen molar-refractivity contribution in [2.24, 2.45) is 39.9 Å². The van der Waals surface area contributed by atoms with Crippen molar-refractivity contribution in [2.75, 3.05) is 0 Å². The summed E-state index contributed by atoms with van der Waals surface area (Å²) in [6, 6.07) is 0. The van der Waals surface area contributed by atoms with Gasteiger partial charge in [0.2, 0.25) is 0 Å². The molecule has 0 spiro atoms. The minimum atomic E-state index is -0.109. The average Bonchev–Trinajstić information content (AvgIpc) is 3.01. The van der Waals surface area contributed by atoms with Gasteiger partial charge in [-0.25, -0.2) is 0 Å². The first kappa shape index (κ1) is 25.1. The molecule has 4 rings (SSSR count). The Morgan fingerprint density at radius 3 is 2.42 bits per heavy atom. The van der Waals surface area contributed by atoms with Crippen molar-refractivity contribution in [3.8, 4) is 0 Å². The summed E-state index contributed by atoms with van der Waals surface area (Å²) in [5.41, 5.74) is 6.29. The second-order valence-corrected chi connectivity index (χ2v) is 13.3.